The predicted molar refractivity (Wildman–Crippen MR) is 72.9 cm³/mol. The van der Waals surface area contributed by atoms with Crippen LogP contribution in [0.5, 0.6) is 5.75 Å². The summed E-state index contributed by atoms with van der Waals surface area (Å²) in [7, 11) is 1.65. The van der Waals surface area contributed by atoms with E-state index in [2.05, 4.69) is 5.16 Å². The van der Waals surface area contributed by atoms with E-state index in [1.54, 1.807) is 18.9 Å². The van der Waals surface area contributed by atoms with Crippen molar-refractivity contribution in [3.05, 3.63) is 54.1 Å². The van der Waals surface area contributed by atoms with E-state index in [0.29, 0.717) is 0 Å². The Morgan fingerprint density at radius 2 is 1.83 bits per heavy atom. The molecule has 0 spiro atoms. The van der Waals surface area contributed by atoms with Crippen LogP contribution in [0.3, 0.4) is 0 Å². The Morgan fingerprint density at radius 1 is 1.11 bits per heavy atom. The van der Waals surface area contributed by atoms with Crippen molar-refractivity contribution in [3.8, 4) is 5.75 Å². The SMILES string of the molecule is COc1ccc(Sc2ccccc2/C=N/O)cc1. The van der Waals surface area contributed by atoms with E-state index < -0.39 is 0 Å². The van der Waals surface area contributed by atoms with Gasteiger partial charge in [-0.15, -0.1) is 0 Å². The highest BCUT2D eigenvalue weighted by Gasteiger charge is 2.02. The first-order chi connectivity index (χ1) is 8.83. The van der Waals surface area contributed by atoms with Crippen molar-refractivity contribution in [1.82, 2.24) is 0 Å². The lowest BCUT2D eigenvalue weighted by atomic mass is 10.2. The second-order valence-electron chi connectivity index (χ2n) is 3.56. The van der Waals surface area contributed by atoms with Gasteiger partial charge in [-0.1, -0.05) is 35.1 Å². The van der Waals surface area contributed by atoms with Crippen LogP contribution in [0.4, 0.5) is 0 Å². The number of oxime groups is 1. The van der Waals surface area contributed by atoms with Crippen LogP contribution in [-0.4, -0.2) is 18.5 Å². The number of rotatable bonds is 4. The van der Waals surface area contributed by atoms with Crippen molar-refractivity contribution in [2.75, 3.05) is 7.11 Å². The van der Waals surface area contributed by atoms with E-state index in [-0.39, 0.29) is 0 Å². The van der Waals surface area contributed by atoms with E-state index in [1.165, 1.54) is 6.21 Å². The summed E-state index contributed by atoms with van der Waals surface area (Å²) in [5, 5.41) is 11.7. The molecule has 2 aromatic carbocycles. The Bertz CT molecular complexity index is 538. The second-order valence-corrected chi connectivity index (χ2v) is 4.68. The smallest absolute Gasteiger partial charge is 0.118 e. The van der Waals surface area contributed by atoms with Crippen LogP contribution in [0.2, 0.25) is 0 Å². The van der Waals surface area contributed by atoms with Crippen molar-refractivity contribution in [2.24, 2.45) is 5.16 Å². The van der Waals surface area contributed by atoms with Crippen molar-refractivity contribution in [3.63, 3.8) is 0 Å². The zero-order valence-corrected chi connectivity index (χ0v) is 10.7. The lowest BCUT2D eigenvalue weighted by Gasteiger charge is -2.05. The number of hydrogen-bond acceptors (Lipinski definition) is 4. The molecule has 0 saturated heterocycles. The van der Waals surface area contributed by atoms with Crippen molar-refractivity contribution in [2.45, 2.75) is 9.79 Å². The fraction of sp³-hybridized carbons (Fsp3) is 0.0714. The van der Waals surface area contributed by atoms with Crippen LogP contribution >= 0.6 is 11.8 Å². The van der Waals surface area contributed by atoms with E-state index in [1.807, 2.05) is 48.5 Å². The summed E-state index contributed by atoms with van der Waals surface area (Å²) in [6, 6.07) is 15.6. The van der Waals surface area contributed by atoms with Crippen molar-refractivity contribution in [1.29, 1.82) is 0 Å². The summed E-state index contributed by atoms with van der Waals surface area (Å²) < 4.78 is 5.12. The maximum Gasteiger partial charge on any atom is 0.118 e. The third-order valence-corrected chi connectivity index (χ3v) is 3.50. The Hall–Kier alpha value is -1.94. The molecule has 3 nitrogen and oxygen atoms in total. The molecule has 0 aromatic heterocycles. The molecule has 0 amide bonds. The van der Waals surface area contributed by atoms with E-state index in [9.17, 15) is 0 Å². The molecule has 0 heterocycles. The zero-order valence-electron chi connectivity index (χ0n) is 9.91. The topological polar surface area (TPSA) is 41.8 Å². The highest BCUT2D eigenvalue weighted by molar-refractivity contribution is 7.99. The van der Waals surface area contributed by atoms with Gasteiger partial charge < -0.3 is 9.94 Å². The number of ether oxygens (including phenoxy) is 1. The molecule has 4 heteroatoms. The van der Waals surface area contributed by atoms with Crippen LogP contribution in [0, 0.1) is 0 Å². The molecule has 18 heavy (non-hydrogen) atoms. The van der Waals surface area contributed by atoms with E-state index in [0.717, 1.165) is 21.1 Å². The number of methoxy groups -OCH3 is 1. The lowest BCUT2D eigenvalue weighted by Crippen LogP contribution is -1.86. The van der Waals surface area contributed by atoms with Gasteiger partial charge in [0.1, 0.15) is 5.75 Å². The molecule has 0 fully saturated rings. The van der Waals surface area contributed by atoms with Crippen LogP contribution in [0.25, 0.3) is 0 Å². The first-order valence-electron chi connectivity index (χ1n) is 5.42. The standard InChI is InChI=1S/C14H13NO2S/c1-17-12-6-8-13(9-7-12)18-14-5-3-2-4-11(14)10-15-16/h2-10,16H,1H3/b15-10+. The van der Waals surface area contributed by atoms with Gasteiger partial charge in [-0.25, -0.2) is 0 Å². The summed E-state index contributed by atoms with van der Waals surface area (Å²) in [4.78, 5) is 2.15. The fourth-order valence-corrected chi connectivity index (χ4v) is 2.42. The molecule has 0 unspecified atom stereocenters. The molecule has 2 rings (SSSR count). The third kappa shape index (κ3) is 3.05. The molecular weight excluding hydrogens is 246 g/mol. The van der Waals surface area contributed by atoms with Gasteiger partial charge in [0.15, 0.2) is 0 Å². The highest BCUT2D eigenvalue weighted by Crippen LogP contribution is 2.30. The van der Waals surface area contributed by atoms with E-state index in [4.69, 9.17) is 9.94 Å². The number of benzene rings is 2. The third-order valence-electron chi connectivity index (χ3n) is 2.40. The first kappa shape index (κ1) is 12.5. The van der Waals surface area contributed by atoms with Gasteiger partial charge >= 0.3 is 0 Å². The summed E-state index contributed by atoms with van der Waals surface area (Å²) >= 11 is 1.62. The quantitative estimate of drug-likeness (QED) is 0.517. The second kappa shape index (κ2) is 6.12. The van der Waals surface area contributed by atoms with Crippen molar-refractivity contribution < 1.29 is 9.94 Å². The van der Waals surface area contributed by atoms with Crippen LogP contribution in [0.1, 0.15) is 5.56 Å². The first-order valence-corrected chi connectivity index (χ1v) is 6.23. The molecule has 0 aliphatic rings. The van der Waals surface area contributed by atoms with Crippen LogP contribution in [0.15, 0.2) is 63.5 Å². The molecule has 2 aromatic rings. The summed E-state index contributed by atoms with van der Waals surface area (Å²) in [6.45, 7) is 0. The Morgan fingerprint density at radius 3 is 2.50 bits per heavy atom. The average molecular weight is 259 g/mol. The molecule has 0 saturated carbocycles. The molecule has 0 aliphatic carbocycles. The fourth-order valence-electron chi connectivity index (χ4n) is 1.51. The normalized spacial score (nSPS) is 10.7. The zero-order chi connectivity index (χ0) is 12.8. The van der Waals surface area contributed by atoms with Gasteiger partial charge in [0, 0.05) is 15.4 Å². The highest BCUT2D eigenvalue weighted by atomic mass is 32.2. The van der Waals surface area contributed by atoms with Gasteiger partial charge in [0.2, 0.25) is 0 Å². The maximum absolute atomic E-state index is 8.62. The largest absolute Gasteiger partial charge is 0.497 e. The molecule has 0 aliphatic heterocycles. The minimum Gasteiger partial charge on any atom is -0.497 e. The van der Waals surface area contributed by atoms with Gasteiger partial charge in [-0.05, 0) is 30.3 Å². The van der Waals surface area contributed by atoms with Crippen LogP contribution < -0.4 is 4.74 Å². The Kier molecular flexibility index (Phi) is 4.25. The molecule has 0 radical (unpaired) electrons. The molecule has 1 N–H and O–H groups in total. The minimum atomic E-state index is 0.838. The average Bonchev–Trinajstić information content (AvgIpc) is 2.42. The Labute approximate surface area is 110 Å². The van der Waals surface area contributed by atoms with Crippen molar-refractivity contribution >= 4 is 18.0 Å². The molecule has 92 valence electrons. The van der Waals surface area contributed by atoms with Gasteiger partial charge in [-0.3, -0.25) is 0 Å². The maximum atomic E-state index is 8.62. The molecular formula is C14H13NO2S. The summed E-state index contributed by atoms with van der Waals surface area (Å²) in [5.41, 5.74) is 0.890. The Balaban J connectivity index is 2.22. The number of hydrogen-bond donors (Lipinski definition) is 1. The summed E-state index contributed by atoms with van der Waals surface area (Å²) in [6.07, 6.45) is 1.44. The lowest BCUT2D eigenvalue weighted by molar-refractivity contribution is 0.322. The summed E-state index contributed by atoms with van der Waals surface area (Å²) in [5.74, 6) is 0.838. The van der Waals surface area contributed by atoms with Gasteiger partial charge in [-0.2, -0.15) is 0 Å². The number of nitrogens with zero attached hydrogens (tertiary/aromatic N) is 1. The molecule has 0 atom stereocenters. The molecule has 0 bridgehead atoms. The van der Waals surface area contributed by atoms with Crippen LogP contribution in [-0.2, 0) is 0 Å². The van der Waals surface area contributed by atoms with E-state index >= 15 is 0 Å². The predicted octanol–water partition coefficient (Wildman–Crippen LogP) is 3.65. The monoisotopic (exact) mass is 259 g/mol. The van der Waals surface area contributed by atoms with Gasteiger partial charge in [0.25, 0.3) is 0 Å². The van der Waals surface area contributed by atoms with Gasteiger partial charge in [0.05, 0.1) is 13.3 Å². The minimum absolute atomic E-state index is 0.838.